The maximum absolute atomic E-state index is 12.2. The minimum atomic E-state index is -0.224. The molecule has 2 heterocycles. The van der Waals surface area contributed by atoms with Gasteiger partial charge in [-0.15, -0.1) is 0 Å². The molecule has 6 heteroatoms. The molecule has 6 nitrogen and oxygen atoms in total. The number of carbonyl (C=O) groups is 1. The quantitative estimate of drug-likeness (QED) is 0.846. The lowest BCUT2D eigenvalue weighted by atomic mass is 10.1. The summed E-state index contributed by atoms with van der Waals surface area (Å²) >= 11 is 0. The van der Waals surface area contributed by atoms with Crippen LogP contribution in [-0.2, 0) is 6.42 Å². The molecule has 0 unspecified atom stereocenters. The van der Waals surface area contributed by atoms with E-state index in [1.807, 2.05) is 6.92 Å². The smallest absolute Gasteiger partial charge is 0.257 e. The fourth-order valence-corrected chi connectivity index (χ4v) is 1.84. The molecule has 0 aliphatic carbocycles. The van der Waals surface area contributed by atoms with Gasteiger partial charge in [-0.1, -0.05) is 18.5 Å². The zero-order valence-corrected chi connectivity index (χ0v) is 11.6. The summed E-state index contributed by atoms with van der Waals surface area (Å²) in [7, 11) is 0. The molecule has 20 heavy (non-hydrogen) atoms. The largest absolute Gasteiger partial charge is 0.370 e. The van der Waals surface area contributed by atoms with Gasteiger partial charge in [0.25, 0.3) is 5.91 Å². The summed E-state index contributed by atoms with van der Waals surface area (Å²) < 4.78 is 4.69. The molecule has 0 saturated carbocycles. The Hall–Kier alpha value is -2.37. The van der Waals surface area contributed by atoms with Gasteiger partial charge < -0.3 is 15.2 Å². The van der Waals surface area contributed by atoms with E-state index >= 15 is 0 Å². The molecule has 2 N–H and O–H groups in total. The predicted octanol–water partition coefficient (Wildman–Crippen LogP) is 2.71. The molecule has 0 atom stereocenters. The third-order valence-corrected chi connectivity index (χ3v) is 2.68. The Labute approximate surface area is 117 Å². The minimum absolute atomic E-state index is 0.224. The lowest BCUT2D eigenvalue weighted by Gasteiger charge is -2.09. The number of nitrogens with zero attached hydrogens (tertiary/aromatic N) is 2. The monoisotopic (exact) mass is 274 g/mol. The number of carbonyl (C=O) groups excluding carboxylic acids is 1. The van der Waals surface area contributed by atoms with E-state index in [1.54, 1.807) is 18.2 Å². The Kier molecular flexibility index (Phi) is 4.70. The third-order valence-electron chi connectivity index (χ3n) is 2.68. The molecule has 0 aromatic carbocycles. The minimum Gasteiger partial charge on any atom is -0.370 e. The molecule has 1 amide bonds. The number of aromatic nitrogens is 2. The molecule has 0 spiro atoms. The molecular formula is C14H18N4O2. The maximum Gasteiger partial charge on any atom is 0.257 e. The van der Waals surface area contributed by atoms with Crippen LogP contribution in [0.15, 0.2) is 29.0 Å². The number of aryl methyl sites for hydroxylation is 1. The summed E-state index contributed by atoms with van der Waals surface area (Å²) in [5.41, 5.74) is 1.46. The second-order valence-electron chi connectivity index (χ2n) is 4.35. The van der Waals surface area contributed by atoms with E-state index in [1.165, 1.54) is 6.26 Å². The number of rotatable bonds is 6. The van der Waals surface area contributed by atoms with E-state index in [0.29, 0.717) is 17.2 Å². The highest BCUT2D eigenvalue weighted by molar-refractivity contribution is 6.04. The summed E-state index contributed by atoms with van der Waals surface area (Å²) in [5.74, 6) is 0.885. The lowest BCUT2D eigenvalue weighted by molar-refractivity contribution is 0.102. The lowest BCUT2D eigenvalue weighted by Crippen LogP contribution is -2.14. The van der Waals surface area contributed by atoms with Crippen molar-refractivity contribution >= 4 is 17.5 Å². The van der Waals surface area contributed by atoms with Crippen molar-refractivity contribution in [2.24, 2.45) is 0 Å². The van der Waals surface area contributed by atoms with Gasteiger partial charge in [-0.05, 0) is 25.5 Å². The molecule has 2 aromatic rings. The van der Waals surface area contributed by atoms with Crippen LogP contribution < -0.4 is 10.6 Å². The molecule has 2 rings (SSSR count). The van der Waals surface area contributed by atoms with E-state index < -0.39 is 0 Å². The van der Waals surface area contributed by atoms with Crippen molar-refractivity contribution in [1.29, 1.82) is 0 Å². The summed E-state index contributed by atoms with van der Waals surface area (Å²) in [5, 5.41) is 9.47. The van der Waals surface area contributed by atoms with Gasteiger partial charge in [0.15, 0.2) is 5.82 Å². The van der Waals surface area contributed by atoms with Crippen molar-refractivity contribution in [2.75, 3.05) is 17.2 Å². The Bertz CT molecular complexity index is 542. The second kappa shape index (κ2) is 6.70. The number of hydrogen-bond donors (Lipinski definition) is 2. The zero-order chi connectivity index (χ0) is 14.4. The van der Waals surface area contributed by atoms with Gasteiger partial charge >= 0.3 is 0 Å². The van der Waals surface area contributed by atoms with Crippen molar-refractivity contribution < 1.29 is 9.32 Å². The normalized spacial score (nSPS) is 10.3. The van der Waals surface area contributed by atoms with Gasteiger partial charge in [0, 0.05) is 23.9 Å². The van der Waals surface area contributed by atoms with Crippen LogP contribution in [0, 0.1) is 0 Å². The van der Waals surface area contributed by atoms with Gasteiger partial charge in [-0.3, -0.25) is 4.79 Å². The molecule has 0 bridgehead atoms. The average Bonchev–Trinajstić information content (AvgIpc) is 2.92. The summed E-state index contributed by atoms with van der Waals surface area (Å²) in [6.07, 6.45) is 3.23. The standard InChI is InChI=1S/C14H18N4O2/c1-3-5-11-8-10(9-13(16-11)15-4-2)14(19)17-12-6-7-20-18-12/h6-9H,3-5H2,1-2H3,(H,15,16)(H,17,18,19). The van der Waals surface area contributed by atoms with Crippen molar-refractivity contribution in [1.82, 2.24) is 10.1 Å². The summed E-state index contributed by atoms with van der Waals surface area (Å²) in [6, 6.07) is 5.13. The van der Waals surface area contributed by atoms with Gasteiger partial charge in [-0.25, -0.2) is 4.98 Å². The van der Waals surface area contributed by atoms with Crippen LogP contribution in [0.5, 0.6) is 0 Å². The van der Waals surface area contributed by atoms with E-state index in [4.69, 9.17) is 0 Å². The summed E-state index contributed by atoms with van der Waals surface area (Å²) in [6.45, 7) is 4.83. The van der Waals surface area contributed by atoms with Crippen LogP contribution in [0.3, 0.4) is 0 Å². The van der Waals surface area contributed by atoms with Gasteiger partial charge in [0.05, 0.1) is 0 Å². The fourth-order valence-electron chi connectivity index (χ4n) is 1.84. The molecule has 106 valence electrons. The SMILES string of the molecule is CCCc1cc(C(=O)Nc2ccon2)cc(NCC)n1. The van der Waals surface area contributed by atoms with E-state index in [0.717, 1.165) is 25.1 Å². The maximum atomic E-state index is 12.2. The first-order valence-corrected chi connectivity index (χ1v) is 6.69. The number of anilines is 2. The van der Waals surface area contributed by atoms with E-state index in [9.17, 15) is 4.79 Å². The fraction of sp³-hybridized carbons (Fsp3) is 0.357. The first kappa shape index (κ1) is 14.0. The third kappa shape index (κ3) is 3.57. The van der Waals surface area contributed by atoms with Gasteiger partial charge in [-0.2, -0.15) is 0 Å². The first-order valence-electron chi connectivity index (χ1n) is 6.69. The van der Waals surface area contributed by atoms with Crippen LogP contribution >= 0.6 is 0 Å². The van der Waals surface area contributed by atoms with E-state index in [-0.39, 0.29) is 5.91 Å². The molecule has 2 aromatic heterocycles. The zero-order valence-electron chi connectivity index (χ0n) is 11.6. The molecule has 0 radical (unpaired) electrons. The van der Waals surface area contributed by atoms with Crippen LogP contribution in [0.25, 0.3) is 0 Å². The topological polar surface area (TPSA) is 80.0 Å². The van der Waals surface area contributed by atoms with Crippen molar-refractivity contribution in [3.63, 3.8) is 0 Å². The van der Waals surface area contributed by atoms with Crippen LogP contribution in [-0.4, -0.2) is 22.6 Å². The number of pyridine rings is 1. The molecule has 0 aliphatic heterocycles. The van der Waals surface area contributed by atoms with Crippen LogP contribution in [0.4, 0.5) is 11.6 Å². The number of amides is 1. The Morgan fingerprint density at radius 1 is 1.30 bits per heavy atom. The predicted molar refractivity (Wildman–Crippen MR) is 76.9 cm³/mol. The highest BCUT2D eigenvalue weighted by Gasteiger charge is 2.11. The van der Waals surface area contributed by atoms with Crippen molar-refractivity contribution in [2.45, 2.75) is 26.7 Å². The first-order chi connectivity index (χ1) is 9.72. The second-order valence-corrected chi connectivity index (χ2v) is 4.35. The number of nitrogens with one attached hydrogen (secondary N) is 2. The van der Waals surface area contributed by atoms with E-state index in [2.05, 4.69) is 32.2 Å². The molecule has 0 fully saturated rings. The number of hydrogen-bond acceptors (Lipinski definition) is 5. The van der Waals surface area contributed by atoms with Crippen molar-refractivity contribution in [3.05, 3.63) is 35.7 Å². The molecule has 0 aliphatic rings. The Morgan fingerprint density at radius 2 is 2.15 bits per heavy atom. The van der Waals surface area contributed by atoms with Gasteiger partial charge in [0.2, 0.25) is 0 Å². The van der Waals surface area contributed by atoms with Crippen LogP contribution in [0.1, 0.15) is 36.3 Å². The molecule has 0 saturated heterocycles. The highest BCUT2D eigenvalue weighted by atomic mass is 16.5. The highest BCUT2D eigenvalue weighted by Crippen LogP contribution is 2.14. The Balaban J connectivity index is 2.22. The van der Waals surface area contributed by atoms with Crippen molar-refractivity contribution in [3.8, 4) is 0 Å². The van der Waals surface area contributed by atoms with Gasteiger partial charge in [0.1, 0.15) is 12.1 Å². The summed E-state index contributed by atoms with van der Waals surface area (Å²) in [4.78, 5) is 16.6. The average molecular weight is 274 g/mol. The Morgan fingerprint density at radius 3 is 2.80 bits per heavy atom. The van der Waals surface area contributed by atoms with Crippen LogP contribution in [0.2, 0.25) is 0 Å². The molecular weight excluding hydrogens is 256 g/mol.